The number of azide groups is 1. The lowest BCUT2D eigenvalue weighted by molar-refractivity contribution is -0.164. The summed E-state index contributed by atoms with van der Waals surface area (Å²) in [4.78, 5) is 51.4. The molecule has 16 nitrogen and oxygen atoms in total. The molecular weight excluding hydrogens is 522 g/mol. The predicted molar refractivity (Wildman–Crippen MR) is 115 cm³/mol. The maximum atomic E-state index is 12.8. The highest BCUT2D eigenvalue weighted by Crippen LogP contribution is 2.66. The lowest BCUT2D eigenvalue weighted by atomic mass is 9.75. The Morgan fingerprint density at radius 1 is 1.15 bits per heavy atom. The van der Waals surface area contributed by atoms with Crippen LogP contribution in [0.15, 0.2) is 5.11 Å². The summed E-state index contributed by atoms with van der Waals surface area (Å²) < 4.78 is 56.5. The van der Waals surface area contributed by atoms with Crippen molar-refractivity contribution < 1.29 is 60.7 Å². The standard InChI is InChI=1S/C14H27BN3O13P3/c1-13(2,8-17-18-16)7-14(3,4)12(19)29-9-5-11(15)28-10(9)6-27-33(23,24)31-34(25,26)30-32(20,21)22/h9-11H,5-8H2,1-4H3,(H,23,24)(H,25,26)(H2,20,21,22)/t9?,10-,11-/m1/s1. The van der Waals surface area contributed by atoms with Crippen molar-refractivity contribution in [2.45, 2.75) is 58.7 Å². The van der Waals surface area contributed by atoms with Gasteiger partial charge in [-0.15, -0.1) is 0 Å². The van der Waals surface area contributed by atoms with E-state index in [1.54, 1.807) is 27.7 Å². The number of nitrogens with zero attached hydrogens (tertiary/aromatic N) is 3. The molecule has 0 saturated carbocycles. The molecule has 1 heterocycles. The Bertz CT molecular complexity index is 935. The normalized spacial score (nSPS) is 25.1. The van der Waals surface area contributed by atoms with Crippen molar-refractivity contribution in [2.24, 2.45) is 15.9 Å². The molecule has 1 aliphatic heterocycles. The fourth-order valence-electron chi connectivity index (χ4n) is 3.33. The molecule has 0 aromatic heterocycles. The van der Waals surface area contributed by atoms with Gasteiger partial charge < -0.3 is 29.0 Å². The molecule has 0 spiro atoms. The number of hydrogen-bond acceptors (Lipinski definition) is 10. The molecule has 194 valence electrons. The molecule has 4 N–H and O–H groups in total. The molecule has 0 aliphatic carbocycles. The van der Waals surface area contributed by atoms with Gasteiger partial charge in [-0.05, 0) is 31.2 Å². The molecule has 3 unspecified atom stereocenters. The van der Waals surface area contributed by atoms with E-state index in [1.165, 1.54) is 0 Å². The minimum Gasteiger partial charge on any atom is -0.459 e. The van der Waals surface area contributed by atoms with Crippen molar-refractivity contribution in [3.05, 3.63) is 10.4 Å². The molecular formula is C14H27BN3O13P3. The van der Waals surface area contributed by atoms with E-state index in [4.69, 9.17) is 32.6 Å². The summed E-state index contributed by atoms with van der Waals surface area (Å²) in [5.41, 5.74) is 6.94. The quantitative estimate of drug-likeness (QED) is 0.0644. The summed E-state index contributed by atoms with van der Waals surface area (Å²) in [5.74, 6) is -0.660. The zero-order valence-electron chi connectivity index (χ0n) is 18.8. The van der Waals surface area contributed by atoms with Gasteiger partial charge in [0, 0.05) is 23.9 Å². The van der Waals surface area contributed by atoms with Crippen LogP contribution in [0.2, 0.25) is 0 Å². The van der Waals surface area contributed by atoms with Gasteiger partial charge >= 0.3 is 29.4 Å². The van der Waals surface area contributed by atoms with Crippen LogP contribution < -0.4 is 0 Å². The monoisotopic (exact) mass is 549 g/mol. The molecule has 20 heteroatoms. The van der Waals surface area contributed by atoms with Gasteiger partial charge in [0.1, 0.15) is 20.1 Å². The highest BCUT2D eigenvalue weighted by Gasteiger charge is 2.44. The number of phosphoric acid groups is 3. The van der Waals surface area contributed by atoms with Crippen LogP contribution in [0.3, 0.4) is 0 Å². The van der Waals surface area contributed by atoms with Crippen LogP contribution in [0, 0.1) is 10.8 Å². The Morgan fingerprint density at radius 3 is 2.26 bits per heavy atom. The lowest BCUT2D eigenvalue weighted by Gasteiger charge is -2.33. The largest absolute Gasteiger partial charge is 0.490 e. The van der Waals surface area contributed by atoms with Crippen LogP contribution in [0.25, 0.3) is 10.4 Å². The van der Waals surface area contributed by atoms with E-state index in [2.05, 4.69) is 23.2 Å². The molecule has 0 aromatic rings. The third-order valence-electron chi connectivity index (χ3n) is 4.34. The van der Waals surface area contributed by atoms with Gasteiger partial charge in [0.2, 0.25) is 0 Å². The van der Waals surface area contributed by atoms with E-state index in [9.17, 15) is 28.3 Å². The van der Waals surface area contributed by atoms with Gasteiger partial charge in [-0.2, -0.15) is 8.62 Å². The Labute approximate surface area is 196 Å². The second kappa shape index (κ2) is 11.5. The summed E-state index contributed by atoms with van der Waals surface area (Å²) in [6, 6.07) is -0.933. The average Bonchev–Trinajstić information content (AvgIpc) is 2.93. The molecule has 1 rings (SSSR count). The Hall–Kier alpha value is -0.785. The lowest BCUT2D eigenvalue weighted by Crippen LogP contribution is -2.38. The maximum Gasteiger partial charge on any atom is 0.490 e. The topological polar surface area (TPSA) is 244 Å². The second-order valence-corrected chi connectivity index (χ2v) is 13.3. The molecule has 5 atom stereocenters. The van der Waals surface area contributed by atoms with E-state index in [-0.39, 0.29) is 19.4 Å². The molecule has 1 saturated heterocycles. The summed E-state index contributed by atoms with van der Waals surface area (Å²) >= 11 is 0. The fraction of sp³-hybridized carbons (Fsp3) is 0.929. The van der Waals surface area contributed by atoms with Gasteiger partial charge in [0.25, 0.3) is 0 Å². The number of carbonyl (C=O) groups is 1. The van der Waals surface area contributed by atoms with Crippen molar-refractivity contribution in [3.8, 4) is 0 Å². The number of phosphoric ester groups is 1. The van der Waals surface area contributed by atoms with Gasteiger partial charge in [-0.3, -0.25) is 9.32 Å². The molecule has 2 radical (unpaired) electrons. The van der Waals surface area contributed by atoms with E-state index >= 15 is 0 Å². The molecule has 1 aliphatic rings. The summed E-state index contributed by atoms with van der Waals surface area (Å²) in [6.45, 7) is 6.17. The third-order valence-corrected chi connectivity index (χ3v) is 8.14. The molecule has 34 heavy (non-hydrogen) atoms. The van der Waals surface area contributed by atoms with E-state index in [1.807, 2.05) is 0 Å². The van der Waals surface area contributed by atoms with E-state index in [0.717, 1.165) is 0 Å². The highest BCUT2D eigenvalue weighted by atomic mass is 31.3. The van der Waals surface area contributed by atoms with Crippen LogP contribution in [0.4, 0.5) is 0 Å². The molecule has 0 amide bonds. The van der Waals surface area contributed by atoms with Gasteiger partial charge in [0.05, 0.1) is 12.0 Å². The highest BCUT2D eigenvalue weighted by molar-refractivity contribution is 7.66. The molecule has 1 fully saturated rings. The van der Waals surface area contributed by atoms with Crippen LogP contribution in [0.5, 0.6) is 0 Å². The number of esters is 1. The summed E-state index contributed by atoms with van der Waals surface area (Å²) in [7, 11) is -10.9. The fourth-order valence-corrected chi connectivity index (χ4v) is 6.36. The van der Waals surface area contributed by atoms with Crippen LogP contribution >= 0.6 is 23.5 Å². The smallest absolute Gasteiger partial charge is 0.459 e. The minimum atomic E-state index is -5.68. The summed E-state index contributed by atoms with van der Waals surface area (Å²) in [6.07, 6.45) is -1.94. The van der Waals surface area contributed by atoms with Crippen molar-refractivity contribution >= 4 is 37.3 Å². The Kier molecular flexibility index (Phi) is 10.6. The van der Waals surface area contributed by atoms with Gasteiger partial charge in [-0.25, -0.2) is 13.7 Å². The van der Waals surface area contributed by atoms with Gasteiger partial charge in [-0.1, -0.05) is 19.0 Å². The van der Waals surface area contributed by atoms with Crippen molar-refractivity contribution in [1.29, 1.82) is 0 Å². The molecule has 0 aromatic carbocycles. The first-order valence-electron chi connectivity index (χ1n) is 9.58. The van der Waals surface area contributed by atoms with E-state index < -0.39 is 65.1 Å². The first-order valence-corrected chi connectivity index (χ1v) is 14.1. The van der Waals surface area contributed by atoms with Crippen molar-refractivity contribution in [2.75, 3.05) is 13.2 Å². The molecule has 0 bridgehead atoms. The Morgan fingerprint density at radius 2 is 1.74 bits per heavy atom. The van der Waals surface area contributed by atoms with Crippen LogP contribution in [-0.4, -0.2) is 64.8 Å². The van der Waals surface area contributed by atoms with Crippen LogP contribution in [-0.2, 0) is 41.1 Å². The zero-order chi connectivity index (χ0) is 26.6. The van der Waals surface area contributed by atoms with Crippen LogP contribution in [0.1, 0.15) is 40.5 Å². The van der Waals surface area contributed by atoms with Crippen molar-refractivity contribution in [1.82, 2.24) is 0 Å². The number of ether oxygens (including phenoxy) is 2. The second-order valence-electron chi connectivity index (χ2n) is 8.89. The number of hydrogen-bond donors (Lipinski definition) is 4. The Balaban J connectivity index is 2.80. The first kappa shape index (κ1) is 31.2. The number of carbonyl (C=O) groups excluding carboxylic acids is 1. The SMILES string of the molecule is [B][C@H]1CC(OC(=O)C(C)(C)CC(C)(C)CN=[N+]=[N-])[C@@H](COP(=O)(O)OP(=O)(O)OP(=O)(O)O)O1. The zero-order valence-corrected chi connectivity index (χ0v) is 21.5. The predicted octanol–water partition coefficient (Wildman–Crippen LogP) is 2.28. The average molecular weight is 549 g/mol. The van der Waals surface area contributed by atoms with Crippen molar-refractivity contribution in [3.63, 3.8) is 0 Å². The van der Waals surface area contributed by atoms with E-state index in [0.29, 0.717) is 0 Å². The minimum absolute atomic E-state index is 0.00559. The number of rotatable bonds is 13. The maximum absolute atomic E-state index is 12.8. The summed E-state index contributed by atoms with van der Waals surface area (Å²) in [5, 5.41) is 3.53. The third kappa shape index (κ3) is 11.3. The van der Waals surface area contributed by atoms with Gasteiger partial charge in [0.15, 0.2) is 0 Å². The first-order chi connectivity index (χ1) is 15.2.